The molecule has 1 N–H and O–H groups in total. The normalized spacial score (nSPS) is 20.8. The molecule has 0 saturated carbocycles. The summed E-state index contributed by atoms with van der Waals surface area (Å²) in [6.07, 6.45) is 3.93. The van der Waals surface area contributed by atoms with E-state index in [1.165, 1.54) is 0 Å². The molecule has 0 unspecified atom stereocenters. The highest BCUT2D eigenvalue weighted by Crippen LogP contribution is 2.47. The first-order valence-corrected chi connectivity index (χ1v) is 8.61. The summed E-state index contributed by atoms with van der Waals surface area (Å²) in [5.41, 5.74) is 3.76. The fourth-order valence-corrected chi connectivity index (χ4v) is 3.66. The Labute approximate surface area is 151 Å². The van der Waals surface area contributed by atoms with E-state index < -0.39 is 0 Å². The molecular weight excluding hydrogens is 326 g/mol. The number of aromatic nitrogens is 1. The summed E-state index contributed by atoms with van der Waals surface area (Å²) in [7, 11) is 0. The van der Waals surface area contributed by atoms with E-state index in [1.807, 2.05) is 53.5 Å². The Morgan fingerprint density at radius 2 is 1.73 bits per heavy atom. The van der Waals surface area contributed by atoms with Crippen molar-refractivity contribution in [3.63, 3.8) is 0 Å². The van der Waals surface area contributed by atoms with Gasteiger partial charge < -0.3 is 9.84 Å². The Hall–Kier alpha value is -3.34. The maximum absolute atomic E-state index is 10.2. The van der Waals surface area contributed by atoms with Gasteiger partial charge in [-0.1, -0.05) is 30.3 Å². The summed E-state index contributed by atoms with van der Waals surface area (Å²) in [4.78, 5) is 4.10. The van der Waals surface area contributed by atoms with E-state index in [0.29, 0.717) is 0 Å². The van der Waals surface area contributed by atoms with Crippen molar-refractivity contribution in [2.45, 2.75) is 18.7 Å². The zero-order valence-electron chi connectivity index (χ0n) is 14.0. The Balaban J connectivity index is 1.62. The molecule has 1 aromatic heterocycles. The SMILES string of the molecule is Oc1ccccc1C1=NN2[C@H](C1)c1ccccc1O[C@@H]2c1ccncc1. The molecule has 0 saturated heterocycles. The number of phenolic OH excluding ortho intramolecular Hbond substituents is 1. The molecule has 5 nitrogen and oxygen atoms in total. The molecule has 2 aliphatic rings. The maximum Gasteiger partial charge on any atom is 0.213 e. The van der Waals surface area contributed by atoms with Gasteiger partial charge in [0.1, 0.15) is 11.5 Å². The van der Waals surface area contributed by atoms with Crippen molar-refractivity contribution < 1.29 is 9.84 Å². The van der Waals surface area contributed by atoms with E-state index in [1.54, 1.807) is 18.5 Å². The van der Waals surface area contributed by atoms with Crippen LogP contribution in [0, 0.1) is 0 Å². The number of phenols is 1. The second-order valence-corrected chi connectivity index (χ2v) is 6.45. The van der Waals surface area contributed by atoms with Gasteiger partial charge in [-0.05, 0) is 30.3 Å². The van der Waals surface area contributed by atoms with Crippen LogP contribution in [0.2, 0.25) is 0 Å². The van der Waals surface area contributed by atoms with E-state index in [2.05, 4.69) is 11.1 Å². The van der Waals surface area contributed by atoms with Gasteiger partial charge in [-0.2, -0.15) is 5.10 Å². The molecule has 2 atom stereocenters. The van der Waals surface area contributed by atoms with Crippen molar-refractivity contribution in [3.8, 4) is 11.5 Å². The minimum atomic E-state index is -0.318. The molecule has 2 aromatic carbocycles. The molecule has 0 aliphatic carbocycles. The molecule has 0 fully saturated rings. The van der Waals surface area contributed by atoms with Crippen molar-refractivity contribution in [1.29, 1.82) is 0 Å². The molecule has 0 amide bonds. The van der Waals surface area contributed by atoms with Gasteiger partial charge in [0.25, 0.3) is 0 Å². The number of ether oxygens (including phenoxy) is 1. The fourth-order valence-electron chi connectivity index (χ4n) is 3.66. The summed E-state index contributed by atoms with van der Waals surface area (Å²) < 4.78 is 6.27. The van der Waals surface area contributed by atoms with Crippen LogP contribution in [0.5, 0.6) is 11.5 Å². The lowest BCUT2D eigenvalue weighted by molar-refractivity contribution is -0.0190. The van der Waals surface area contributed by atoms with Crippen molar-refractivity contribution in [1.82, 2.24) is 9.99 Å². The van der Waals surface area contributed by atoms with Crippen molar-refractivity contribution in [2.75, 3.05) is 0 Å². The molecule has 0 radical (unpaired) electrons. The second kappa shape index (κ2) is 5.88. The van der Waals surface area contributed by atoms with Crippen LogP contribution in [0.1, 0.15) is 35.4 Å². The molecule has 3 heterocycles. The highest BCUT2D eigenvalue weighted by Gasteiger charge is 2.41. The number of hydrazone groups is 1. The average molecular weight is 343 g/mol. The minimum Gasteiger partial charge on any atom is -0.507 e. The summed E-state index contributed by atoms with van der Waals surface area (Å²) in [6.45, 7) is 0. The number of hydrogen-bond donors (Lipinski definition) is 1. The molecule has 0 spiro atoms. The van der Waals surface area contributed by atoms with Gasteiger partial charge in [0, 0.05) is 35.5 Å². The van der Waals surface area contributed by atoms with Crippen molar-refractivity contribution >= 4 is 5.71 Å². The smallest absolute Gasteiger partial charge is 0.213 e. The summed E-state index contributed by atoms with van der Waals surface area (Å²) >= 11 is 0. The number of hydrogen-bond acceptors (Lipinski definition) is 5. The molecule has 26 heavy (non-hydrogen) atoms. The fraction of sp³-hybridized carbons (Fsp3) is 0.143. The van der Waals surface area contributed by atoms with E-state index in [-0.39, 0.29) is 18.0 Å². The van der Waals surface area contributed by atoms with Crippen LogP contribution >= 0.6 is 0 Å². The Kier molecular flexibility index (Phi) is 3.38. The molecule has 128 valence electrons. The molecule has 3 aromatic rings. The third kappa shape index (κ3) is 2.32. The average Bonchev–Trinajstić information content (AvgIpc) is 3.14. The molecule has 5 heteroatoms. The van der Waals surface area contributed by atoms with Crippen LogP contribution in [-0.2, 0) is 0 Å². The first kappa shape index (κ1) is 15.0. The highest BCUT2D eigenvalue weighted by molar-refractivity contribution is 6.04. The number of fused-ring (bicyclic) bond motifs is 3. The molecule has 0 bridgehead atoms. The number of pyridine rings is 1. The maximum atomic E-state index is 10.2. The Morgan fingerprint density at radius 3 is 2.58 bits per heavy atom. The third-order valence-electron chi connectivity index (χ3n) is 4.91. The molecule has 2 aliphatic heterocycles. The van der Waals surface area contributed by atoms with E-state index in [0.717, 1.165) is 34.6 Å². The predicted molar refractivity (Wildman–Crippen MR) is 97.9 cm³/mol. The monoisotopic (exact) mass is 343 g/mol. The molecular formula is C21H17N3O2. The van der Waals surface area contributed by atoms with Crippen LogP contribution in [0.4, 0.5) is 0 Å². The van der Waals surface area contributed by atoms with E-state index in [9.17, 15) is 5.11 Å². The van der Waals surface area contributed by atoms with Crippen LogP contribution < -0.4 is 4.74 Å². The van der Waals surface area contributed by atoms with Crippen molar-refractivity contribution in [3.05, 3.63) is 89.7 Å². The topological polar surface area (TPSA) is 58.0 Å². The largest absolute Gasteiger partial charge is 0.507 e. The van der Waals surface area contributed by atoms with Crippen LogP contribution in [-0.4, -0.2) is 20.8 Å². The first-order chi connectivity index (χ1) is 12.8. The van der Waals surface area contributed by atoms with E-state index >= 15 is 0 Å². The summed E-state index contributed by atoms with van der Waals surface area (Å²) in [6, 6.07) is 19.4. The van der Waals surface area contributed by atoms with Gasteiger partial charge in [-0.15, -0.1) is 0 Å². The lowest BCUT2D eigenvalue weighted by Gasteiger charge is -2.38. The van der Waals surface area contributed by atoms with Gasteiger partial charge in [0.05, 0.1) is 11.8 Å². The van der Waals surface area contributed by atoms with Gasteiger partial charge >= 0.3 is 0 Å². The van der Waals surface area contributed by atoms with E-state index in [4.69, 9.17) is 9.84 Å². The lowest BCUT2D eigenvalue weighted by Crippen LogP contribution is -2.33. The minimum absolute atomic E-state index is 0.0766. The number of aromatic hydroxyl groups is 1. The van der Waals surface area contributed by atoms with Gasteiger partial charge in [-0.25, -0.2) is 5.01 Å². The highest BCUT2D eigenvalue weighted by atomic mass is 16.5. The Bertz CT molecular complexity index is 987. The van der Waals surface area contributed by atoms with Crippen molar-refractivity contribution in [2.24, 2.45) is 5.10 Å². The Morgan fingerprint density at radius 1 is 0.962 bits per heavy atom. The third-order valence-corrected chi connectivity index (χ3v) is 4.91. The first-order valence-electron chi connectivity index (χ1n) is 8.61. The second-order valence-electron chi connectivity index (χ2n) is 6.45. The zero-order chi connectivity index (χ0) is 17.5. The van der Waals surface area contributed by atoms with Crippen LogP contribution in [0.25, 0.3) is 0 Å². The van der Waals surface area contributed by atoms with Gasteiger partial charge in [0.2, 0.25) is 6.23 Å². The number of rotatable bonds is 2. The van der Waals surface area contributed by atoms with Crippen LogP contribution in [0.15, 0.2) is 78.2 Å². The number of benzene rings is 2. The number of nitrogens with zero attached hydrogens (tertiary/aromatic N) is 3. The zero-order valence-corrected chi connectivity index (χ0v) is 14.0. The summed E-state index contributed by atoms with van der Waals surface area (Å²) in [5.74, 6) is 1.13. The van der Waals surface area contributed by atoms with Gasteiger partial charge in [0.15, 0.2) is 0 Å². The lowest BCUT2D eigenvalue weighted by atomic mass is 9.96. The molecule has 5 rings (SSSR count). The standard InChI is InChI=1S/C21H17N3O2/c25-19-7-3-1-5-15(19)17-13-18-16-6-2-4-8-20(16)26-21(24(18)23-17)14-9-11-22-12-10-14/h1-12,18,21,25H,13H2/t18-,21-/m1/s1. The predicted octanol–water partition coefficient (Wildman–Crippen LogP) is 4.03. The van der Waals surface area contributed by atoms with Crippen LogP contribution in [0.3, 0.4) is 0 Å². The van der Waals surface area contributed by atoms with Gasteiger partial charge in [-0.3, -0.25) is 4.98 Å². The number of para-hydroxylation sites is 2. The quantitative estimate of drug-likeness (QED) is 0.763. The summed E-state index contributed by atoms with van der Waals surface area (Å²) in [5, 5.41) is 17.1.